The zero-order valence-corrected chi connectivity index (χ0v) is 22.3. The second kappa shape index (κ2) is 12.8. The van der Waals surface area contributed by atoms with Crippen molar-refractivity contribution in [2.24, 2.45) is 10.4 Å². The Labute approximate surface area is 209 Å². The van der Waals surface area contributed by atoms with Crippen molar-refractivity contribution < 1.29 is 4.79 Å². The molecule has 2 aliphatic rings. The van der Waals surface area contributed by atoms with Crippen LogP contribution in [0.2, 0.25) is 0 Å². The maximum atomic E-state index is 12.8. The standard InChI is InChI=1S/C23H37N5OS.HI/c1-4-24-22(26-18-23(11-5-6-12-23)21(29)27(2)3)25-17-19-7-9-20(10-8-19)28-13-15-30-16-14-28;/h7-10H,4-6,11-18H2,1-3H3,(H2,24,25,26);1H. The van der Waals surface area contributed by atoms with E-state index in [9.17, 15) is 4.79 Å². The molecule has 1 aromatic rings. The summed E-state index contributed by atoms with van der Waals surface area (Å²) in [5.41, 5.74) is 2.20. The number of anilines is 1. The number of thioether (sulfide) groups is 1. The number of halogens is 1. The van der Waals surface area contributed by atoms with Gasteiger partial charge in [0.05, 0.1) is 12.0 Å². The first-order valence-electron chi connectivity index (χ1n) is 11.2. The Morgan fingerprint density at radius 2 is 1.77 bits per heavy atom. The summed E-state index contributed by atoms with van der Waals surface area (Å²) in [6.45, 7) is 6.39. The van der Waals surface area contributed by atoms with E-state index in [1.54, 1.807) is 4.90 Å². The number of hydrogen-bond donors (Lipinski definition) is 2. The fourth-order valence-corrected chi connectivity index (χ4v) is 5.29. The molecule has 31 heavy (non-hydrogen) atoms. The van der Waals surface area contributed by atoms with Crippen LogP contribution < -0.4 is 15.5 Å². The number of benzene rings is 1. The Bertz CT molecular complexity index is 713. The van der Waals surface area contributed by atoms with Crippen molar-refractivity contribution in [1.82, 2.24) is 15.5 Å². The Kier molecular flexibility index (Phi) is 10.7. The lowest BCUT2D eigenvalue weighted by Gasteiger charge is -2.31. The lowest BCUT2D eigenvalue weighted by molar-refractivity contribution is -0.138. The minimum absolute atomic E-state index is 0. The summed E-state index contributed by atoms with van der Waals surface area (Å²) in [6.07, 6.45) is 4.15. The molecule has 0 atom stereocenters. The highest BCUT2D eigenvalue weighted by molar-refractivity contribution is 14.0. The molecule has 1 heterocycles. The molecule has 6 nitrogen and oxygen atoms in total. The van der Waals surface area contributed by atoms with E-state index in [0.717, 1.165) is 51.3 Å². The number of nitrogens with zero attached hydrogens (tertiary/aromatic N) is 3. The van der Waals surface area contributed by atoms with Gasteiger partial charge in [0.1, 0.15) is 0 Å². The van der Waals surface area contributed by atoms with Gasteiger partial charge >= 0.3 is 0 Å². The first-order chi connectivity index (χ1) is 14.5. The minimum Gasteiger partial charge on any atom is -0.370 e. The Morgan fingerprint density at radius 3 is 2.35 bits per heavy atom. The monoisotopic (exact) mass is 559 g/mol. The highest BCUT2D eigenvalue weighted by Gasteiger charge is 2.42. The van der Waals surface area contributed by atoms with Crippen LogP contribution in [0.15, 0.2) is 29.3 Å². The maximum Gasteiger partial charge on any atom is 0.230 e. The van der Waals surface area contributed by atoms with Crippen LogP contribution in [-0.4, -0.2) is 68.5 Å². The van der Waals surface area contributed by atoms with Crippen LogP contribution in [0.4, 0.5) is 5.69 Å². The molecule has 2 fully saturated rings. The van der Waals surface area contributed by atoms with Crippen LogP contribution in [0.1, 0.15) is 38.2 Å². The summed E-state index contributed by atoms with van der Waals surface area (Å²) in [5.74, 6) is 3.44. The zero-order valence-electron chi connectivity index (χ0n) is 19.2. The molecule has 0 spiro atoms. The summed E-state index contributed by atoms with van der Waals surface area (Å²) >= 11 is 2.03. The van der Waals surface area contributed by atoms with Gasteiger partial charge in [-0.25, -0.2) is 4.99 Å². The van der Waals surface area contributed by atoms with E-state index >= 15 is 0 Å². The van der Waals surface area contributed by atoms with Crippen molar-refractivity contribution in [3.05, 3.63) is 29.8 Å². The molecular weight excluding hydrogens is 521 g/mol. The van der Waals surface area contributed by atoms with Crippen LogP contribution in [-0.2, 0) is 11.3 Å². The molecule has 8 heteroatoms. The SMILES string of the molecule is CCNC(=NCc1ccc(N2CCSCC2)cc1)NCC1(C(=O)N(C)C)CCCC1.I. The topological polar surface area (TPSA) is 60.0 Å². The average molecular weight is 560 g/mol. The average Bonchev–Trinajstić information content (AvgIpc) is 3.26. The molecule has 0 aromatic heterocycles. The highest BCUT2D eigenvalue weighted by Crippen LogP contribution is 2.38. The first-order valence-corrected chi connectivity index (χ1v) is 12.3. The van der Waals surface area contributed by atoms with Gasteiger partial charge < -0.3 is 20.4 Å². The largest absolute Gasteiger partial charge is 0.370 e. The minimum atomic E-state index is -0.298. The second-order valence-electron chi connectivity index (χ2n) is 8.50. The maximum absolute atomic E-state index is 12.8. The lowest BCUT2D eigenvalue weighted by Crippen LogP contribution is -2.49. The van der Waals surface area contributed by atoms with Crippen molar-refractivity contribution in [2.45, 2.75) is 39.2 Å². The van der Waals surface area contributed by atoms with E-state index in [-0.39, 0.29) is 35.3 Å². The molecule has 1 aromatic carbocycles. The predicted molar refractivity (Wildman–Crippen MR) is 144 cm³/mol. The third-order valence-corrected chi connectivity index (χ3v) is 7.03. The Morgan fingerprint density at radius 1 is 1.13 bits per heavy atom. The van der Waals surface area contributed by atoms with Gasteiger partial charge in [-0.3, -0.25) is 4.79 Å². The zero-order chi connectivity index (χ0) is 21.4. The number of hydrogen-bond acceptors (Lipinski definition) is 4. The number of rotatable bonds is 7. The Balaban J connectivity index is 0.00000341. The van der Waals surface area contributed by atoms with Crippen molar-refractivity contribution in [1.29, 1.82) is 0 Å². The van der Waals surface area contributed by atoms with E-state index in [1.165, 1.54) is 22.8 Å². The number of guanidine groups is 1. The third-order valence-electron chi connectivity index (χ3n) is 6.09. The molecule has 1 aliphatic heterocycles. The van der Waals surface area contributed by atoms with Gasteiger partial charge in [0.25, 0.3) is 0 Å². The van der Waals surface area contributed by atoms with Crippen LogP contribution in [0.25, 0.3) is 0 Å². The normalized spacial score (nSPS) is 18.3. The van der Waals surface area contributed by atoms with Crippen LogP contribution in [0.3, 0.4) is 0 Å². The molecule has 1 saturated heterocycles. The molecule has 0 bridgehead atoms. The number of nitrogens with one attached hydrogen (secondary N) is 2. The van der Waals surface area contributed by atoms with E-state index in [2.05, 4.69) is 46.7 Å². The van der Waals surface area contributed by atoms with Crippen molar-refractivity contribution in [3.8, 4) is 0 Å². The second-order valence-corrected chi connectivity index (χ2v) is 9.73. The van der Waals surface area contributed by atoms with E-state index < -0.39 is 0 Å². The number of carbonyl (C=O) groups is 1. The van der Waals surface area contributed by atoms with Crippen molar-refractivity contribution >= 4 is 53.3 Å². The summed E-state index contributed by atoms with van der Waals surface area (Å²) in [7, 11) is 3.71. The first kappa shape index (κ1) is 26.1. The van der Waals surface area contributed by atoms with Gasteiger partial charge in [0.15, 0.2) is 5.96 Å². The summed E-state index contributed by atoms with van der Waals surface area (Å²) in [5, 5.41) is 6.78. The summed E-state index contributed by atoms with van der Waals surface area (Å²) in [6, 6.07) is 8.78. The molecule has 2 N–H and O–H groups in total. The predicted octanol–water partition coefficient (Wildman–Crippen LogP) is 3.56. The third kappa shape index (κ3) is 7.17. The molecule has 0 unspecified atom stereocenters. The van der Waals surface area contributed by atoms with E-state index in [4.69, 9.17) is 4.99 Å². The van der Waals surface area contributed by atoms with Gasteiger partial charge in [-0.15, -0.1) is 24.0 Å². The number of aliphatic imine (C=N–C) groups is 1. The number of amides is 1. The summed E-state index contributed by atoms with van der Waals surface area (Å²) in [4.78, 5) is 21.8. The molecule has 0 radical (unpaired) electrons. The van der Waals surface area contributed by atoms with Crippen LogP contribution in [0.5, 0.6) is 0 Å². The molecule has 1 amide bonds. The van der Waals surface area contributed by atoms with Crippen molar-refractivity contribution in [3.63, 3.8) is 0 Å². The molecule has 1 saturated carbocycles. The van der Waals surface area contributed by atoms with Crippen LogP contribution in [0, 0.1) is 5.41 Å². The number of carbonyl (C=O) groups excluding carboxylic acids is 1. The van der Waals surface area contributed by atoms with E-state index in [0.29, 0.717) is 13.1 Å². The van der Waals surface area contributed by atoms with Gasteiger partial charge in [-0.2, -0.15) is 11.8 Å². The highest BCUT2D eigenvalue weighted by atomic mass is 127. The van der Waals surface area contributed by atoms with Gasteiger partial charge in [-0.1, -0.05) is 25.0 Å². The van der Waals surface area contributed by atoms with E-state index in [1.807, 2.05) is 25.9 Å². The van der Waals surface area contributed by atoms with Gasteiger partial charge in [0.2, 0.25) is 5.91 Å². The molecule has 174 valence electrons. The fraction of sp³-hybridized carbons (Fsp3) is 0.652. The summed E-state index contributed by atoms with van der Waals surface area (Å²) < 4.78 is 0. The van der Waals surface area contributed by atoms with Gasteiger partial charge in [0, 0.05) is 57.5 Å². The van der Waals surface area contributed by atoms with Gasteiger partial charge in [-0.05, 0) is 37.5 Å². The molecular formula is C23H38IN5OS. The fourth-order valence-electron chi connectivity index (χ4n) is 4.39. The smallest absolute Gasteiger partial charge is 0.230 e. The van der Waals surface area contributed by atoms with Crippen molar-refractivity contribution in [2.75, 3.05) is 56.7 Å². The quantitative estimate of drug-likeness (QED) is 0.304. The lowest BCUT2D eigenvalue weighted by atomic mass is 9.84. The van der Waals surface area contributed by atoms with Crippen LogP contribution >= 0.6 is 35.7 Å². The Hall–Kier alpha value is -1.16. The molecule has 3 rings (SSSR count). The molecule has 1 aliphatic carbocycles.